The van der Waals surface area contributed by atoms with Gasteiger partial charge in [-0.3, -0.25) is 4.31 Å². The Morgan fingerprint density at radius 1 is 1.43 bits per heavy atom. The van der Waals surface area contributed by atoms with Crippen molar-refractivity contribution in [1.82, 2.24) is 0 Å². The molecule has 14 heavy (non-hydrogen) atoms. The molecule has 1 aliphatic rings. The molecular formula is C12H12NS. The number of rotatable bonds is 2. The van der Waals surface area contributed by atoms with Crippen LogP contribution in [0.4, 0.5) is 5.69 Å². The van der Waals surface area contributed by atoms with Gasteiger partial charge in [0.1, 0.15) is 0 Å². The average molecular weight is 202 g/mol. The smallest absolute Gasteiger partial charge is 0.0600 e. The van der Waals surface area contributed by atoms with Gasteiger partial charge in [0.25, 0.3) is 0 Å². The summed E-state index contributed by atoms with van der Waals surface area (Å²) in [5, 5.41) is 2.11. The molecule has 0 amide bonds. The van der Waals surface area contributed by atoms with Crippen LogP contribution in [0.5, 0.6) is 0 Å². The molecule has 2 heteroatoms. The van der Waals surface area contributed by atoms with Crippen molar-refractivity contribution < 1.29 is 0 Å². The van der Waals surface area contributed by atoms with Gasteiger partial charge in [-0.05, 0) is 41.5 Å². The zero-order chi connectivity index (χ0) is 9.80. The molecule has 0 N–H and O–H groups in total. The van der Waals surface area contributed by atoms with Crippen molar-refractivity contribution in [2.75, 3.05) is 4.31 Å². The highest BCUT2D eigenvalue weighted by molar-refractivity contribution is 8.03. The van der Waals surface area contributed by atoms with E-state index < -0.39 is 0 Å². The van der Waals surface area contributed by atoms with E-state index in [1.807, 2.05) is 18.2 Å². The lowest BCUT2D eigenvalue weighted by molar-refractivity contribution is 1.13. The van der Waals surface area contributed by atoms with E-state index in [1.54, 1.807) is 11.9 Å². The number of hydrogen-bond acceptors (Lipinski definition) is 2. The van der Waals surface area contributed by atoms with Crippen molar-refractivity contribution in [1.29, 1.82) is 0 Å². The summed E-state index contributed by atoms with van der Waals surface area (Å²) in [6, 6.07) is 11.2. The highest BCUT2D eigenvalue weighted by Crippen LogP contribution is 2.28. The third-order valence-corrected chi connectivity index (χ3v) is 2.86. The molecule has 0 aliphatic carbocycles. The maximum absolute atomic E-state index is 3.21. The molecule has 0 unspecified atom stereocenters. The minimum atomic E-state index is 1.07. The van der Waals surface area contributed by atoms with Gasteiger partial charge in [0.15, 0.2) is 0 Å². The monoisotopic (exact) mass is 202 g/mol. The van der Waals surface area contributed by atoms with Crippen molar-refractivity contribution in [2.24, 2.45) is 0 Å². The predicted molar refractivity (Wildman–Crippen MR) is 62.9 cm³/mol. The number of para-hydroxylation sites is 1. The van der Waals surface area contributed by atoms with Crippen LogP contribution in [0.3, 0.4) is 0 Å². The van der Waals surface area contributed by atoms with Gasteiger partial charge in [-0.15, -0.1) is 0 Å². The number of nitrogens with zero attached hydrogens (tertiary/aromatic N) is 1. The Kier molecular flexibility index (Phi) is 2.94. The number of allylic oxidation sites excluding steroid dienone is 2. The Morgan fingerprint density at radius 3 is 3.07 bits per heavy atom. The van der Waals surface area contributed by atoms with Crippen molar-refractivity contribution in [3.8, 4) is 0 Å². The highest BCUT2D eigenvalue weighted by atomic mass is 32.2. The lowest BCUT2D eigenvalue weighted by atomic mass is 10.2. The maximum Gasteiger partial charge on any atom is 0.0600 e. The zero-order valence-corrected chi connectivity index (χ0v) is 8.92. The summed E-state index contributed by atoms with van der Waals surface area (Å²) in [6.45, 7) is 2.17. The second kappa shape index (κ2) is 4.38. The van der Waals surface area contributed by atoms with E-state index in [2.05, 4.69) is 41.0 Å². The van der Waals surface area contributed by atoms with Crippen LogP contribution in [0.1, 0.15) is 13.3 Å². The molecule has 0 bridgehead atoms. The van der Waals surface area contributed by atoms with E-state index >= 15 is 0 Å². The predicted octanol–water partition coefficient (Wildman–Crippen LogP) is 3.76. The van der Waals surface area contributed by atoms with Crippen LogP contribution in [0.2, 0.25) is 0 Å². The van der Waals surface area contributed by atoms with Gasteiger partial charge in [0.2, 0.25) is 0 Å². The molecule has 1 radical (unpaired) electrons. The summed E-state index contributed by atoms with van der Waals surface area (Å²) in [7, 11) is 0. The normalized spacial score (nSPS) is 15.5. The zero-order valence-electron chi connectivity index (χ0n) is 8.10. The van der Waals surface area contributed by atoms with Gasteiger partial charge >= 0.3 is 0 Å². The lowest BCUT2D eigenvalue weighted by Crippen LogP contribution is -2.07. The van der Waals surface area contributed by atoms with Gasteiger partial charge in [-0.2, -0.15) is 0 Å². The topological polar surface area (TPSA) is 3.24 Å². The van der Waals surface area contributed by atoms with Crippen LogP contribution in [0.15, 0.2) is 47.5 Å². The average Bonchev–Trinajstić information content (AvgIpc) is 2.30. The van der Waals surface area contributed by atoms with E-state index in [-0.39, 0.29) is 0 Å². The minimum Gasteiger partial charge on any atom is -0.287 e. The van der Waals surface area contributed by atoms with E-state index in [0.717, 1.165) is 12.1 Å². The largest absolute Gasteiger partial charge is 0.287 e. The third kappa shape index (κ3) is 2.02. The first-order valence-electron chi connectivity index (χ1n) is 4.70. The number of anilines is 1. The fourth-order valence-electron chi connectivity index (χ4n) is 1.26. The van der Waals surface area contributed by atoms with E-state index in [0.29, 0.717) is 0 Å². The van der Waals surface area contributed by atoms with Crippen LogP contribution in [0.25, 0.3) is 0 Å². The molecule has 0 fully saturated rings. The highest BCUT2D eigenvalue weighted by Gasteiger charge is 2.06. The molecule has 1 heterocycles. The van der Waals surface area contributed by atoms with Gasteiger partial charge in [0.05, 0.1) is 5.69 Å². The van der Waals surface area contributed by atoms with E-state index in [4.69, 9.17) is 0 Å². The molecule has 1 aromatic carbocycles. The minimum absolute atomic E-state index is 1.07. The lowest BCUT2D eigenvalue weighted by Gasteiger charge is -2.20. The molecule has 0 saturated carbocycles. The molecule has 0 spiro atoms. The Bertz CT molecular complexity index is 354. The number of hydrogen-bond donors (Lipinski definition) is 0. The van der Waals surface area contributed by atoms with Gasteiger partial charge in [0, 0.05) is 12.3 Å². The Labute approximate surface area is 89.3 Å². The number of benzene rings is 1. The van der Waals surface area contributed by atoms with Crippen LogP contribution in [-0.2, 0) is 0 Å². The molecule has 1 aromatic rings. The summed E-state index contributed by atoms with van der Waals surface area (Å²) in [5.41, 5.74) is 2.45. The summed E-state index contributed by atoms with van der Waals surface area (Å²) >= 11 is 1.68. The van der Waals surface area contributed by atoms with Crippen molar-refractivity contribution in [3.05, 3.63) is 53.6 Å². The molecule has 1 nitrogen and oxygen atoms in total. The molecule has 0 saturated heterocycles. The van der Waals surface area contributed by atoms with Crippen molar-refractivity contribution in [2.45, 2.75) is 13.3 Å². The standard InChI is InChI=1S/C12H12NS/c1-2-11-8-9-14-13(10-11)12-6-4-3-5-7-12/h3-6,8-10H,2H2,1H3. The van der Waals surface area contributed by atoms with Crippen molar-refractivity contribution >= 4 is 17.6 Å². The Balaban J connectivity index is 2.21. The third-order valence-electron chi connectivity index (χ3n) is 2.08. The summed E-state index contributed by atoms with van der Waals surface area (Å²) < 4.78 is 2.14. The fourth-order valence-corrected chi connectivity index (χ4v) is 2.05. The quantitative estimate of drug-likeness (QED) is 0.672. The molecule has 2 rings (SSSR count). The molecule has 0 aromatic heterocycles. The summed E-state index contributed by atoms with van der Waals surface area (Å²) in [6.07, 6.45) is 5.39. The fraction of sp³-hybridized carbons (Fsp3) is 0.167. The molecular weight excluding hydrogens is 190 g/mol. The molecule has 71 valence electrons. The van der Waals surface area contributed by atoms with Crippen LogP contribution >= 0.6 is 11.9 Å². The van der Waals surface area contributed by atoms with Gasteiger partial charge in [-0.1, -0.05) is 25.1 Å². The van der Waals surface area contributed by atoms with Crippen molar-refractivity contribution in [3.63, 3.8) is 0 Å². The summed E-state index contributed by atoms with van der Waals surface area (Å²) in [5.74, 6) is 0. The molecule has 0 atom stereocenters. The SMILES string of the molecule is CCC1=CN(c2[c]cccc2)SC=C1. The first-order valence-corrected chi connectivity index (χ1v) is 5.54. The first kappa shape index (κ1) is 9.41. The van der Waals surface area contributed by atoms with Gasteiger partial charge in [-0.25, -0.2) is 0 Å². The second-order valence-corrected chi connectivity index (χ2v) is 3.92. The summed E-state index contributed by atoms with van der Waals surface area (Å²) in [4.78, 5) is 0. The first-order chi connectivity index (χ1) is 6.90. The van der Waals surface area contributed by atoms with Crippen LogP contribution < -0.4 is 4.31 Å². The Hall–Kier alpha value is -1.15. The van der Waals surface area contributed by atoms with E-state index in [1.165, 1.54) is 5.57 Å². The second-order valence-electron chi connectivity index (χ2n) is 3.04. The van der Waals surface area contributed by atoms with E-state index in [9.17, 15) is 0 Å². The van der Waals surface area contributed by atoms with Crippen LogP contribution in [-0.4, -0.2) is 0 Å². The molecule has 1 aliphatic heterocycles. The van der Waals surface area contributed by atoms with Crippen LogP contribution in [0, 0.1) is 6.07 Å². The maximum atomic E-state index is 3.21. The Morgan fingerprint density at radius 2 is 2.36 bits per heavy atom. The van der Waals surface area contributed by atoms with Gasteiger partial charge < -0.3 is 0 Å².